The highest BCUT2D eigenvalue weighted by Crippen LogP contribution is 2.66. The quantitative estimate of drug-likeness (QED) is 0.269. The second kappa shape index (κ2) is 14.2. The average Bonchev–Trinajstić information content (AvgIpc) is 3.04. The number of carbonyl (C=O) groups is 5. The summed E-state index contributed by atoms with van der Waals surface area (Å²) in [6.45, 7) is 7.95. The number of fused-ring (bicyclic) bond motifs is 2. The molecule has 0 aromatic heterocycles. The monoisotopic (exact) mass is 635 g/mol. The molecule has 2 unspecified atom stereocenters. The third-order valence-corrected chi connectivity index (χ3v) is 8.88. The van der Waals surface area contributed by atoms with Crippen LogP contribution in [0, 0.1) is 29.1 Å². The Hall–Kier alpha value is -4.67. The van der Waals surface area contributed by atoms with Crippen LogP contribution in [0.5, 0.6) is 5.75 Å². The lowest BCUT2D eigenvalue weighted by atomic mass is 9.40. The molecule has 246 valence electrons. The van der Waals surface area contributed by atoms with E-state index in [0.29, 0.717) is 16.9 Å². The van der Waals surface area contributed by atoms with Crippen molar-refractivity contribution in [1.82, 2.24) is 5.32 Å². The normalized spacial score (nSPS) is 26.3. The van der Waals surface area contributed by atoms with Gasteiger partial charge in [0.05, 0.1) is 62.7 Å². The summed E-state index contributed by atoms with van der Waals surface area (Å²) in [6.07, 6.45) is 1.62. The summed E-state index contributed by atoms with van der Waals surface area (Å²) in [5.74, 6) is -9.16. The Kier molecular flexibility index (Phi) is 10.5. The number of hydrogen-bond acceptors (Lipinski definition) is 10. The number of esters is 4. The summed E-state index contributed by atoms with van der Waals surface area (Å²) in [4.78, 5) is 70.6. The molecule has 0 heterocycles. The maximum absolute atomic E-state index is 14.2. The van der Waals surface area contributed by atoms with Crippen molar-refractivity contribution in [2.45, 2.75) is 40.2 Å². The van der Waals surface area contributed by atoms with Crippen molar-refractivity contribution in [2.24, 2.45) is 29.1 Å². The molecule has 3 aliphatic carbocycles. The van der Waals surface area contributed by atoms with Crippen LogP contribution in [-0.2, 0) is 38.1 Å². The van der Waals surface area contributed by atoms with Crippen molar-refractivity contribution in [2.75, 3.05) is 33.5 Å². The van der Waals surface area contributed by atoms with Crippen LogP contribution in [-0.4, -0.2) is 68.9 Å². The summed E-state index contributed by atoms with van der Waals surface area (Å²) < 4.78 is 27.6. The molecule has 6 atom stereocenters. The molecule has 0 radical (unpaired) electrons. The summed E-state index contributed by atoms with van der Waals surface area (Å²) >= 11 is 0. The van der Waals surface area contributed by atoms with Gasteiger partial charge in [0.15, 0.2) is 0 Å². The van der Waals surface area contributed by atoms with Crippen molar-refractivity contribution in [1.29, 1.82) is 0 Å². The van der Waals surface area contributed by atoms with Crippen LogP contribution in [0.4, 0.5) is 0 Å². The molecule has 11 nitrogen and oxygen atoms in total. The third-order valence-electron chi connectivity index (χ3n) is 8.88. The fourth-order valence-corrected chi connectivity index (χ4v) is 7.11. The number of carbonyl (C=O) groups excluding carboxylic acids is 5. The van der Waals surface area contributed by atoms with E-state index in [1.165, 1.54) is 7.11 Å². The first kappa shape index (κ1) is 34.2. The molecule has 2 aromatic rings. The molecule has 2 aromatic carbocycles. The second-order valence-electron chi connectivity index (χ2n) is 11.2. The number of allylic oxidation sites excluding steroid dienone is 1. The van der Waals surface area contributed by atoms with Crippen molar-refractivity contribution in [3.63, 3.8) is 0 Å². The SMILES string of the molecule is CCOC(=O)[C@@H]1[C@@H](C(=O)OCC)C2(C)C(c3ccc(OC)cc3)=CC1(NC(=O)c1ccccc1)[C@@H](C(=O)OCC)[C@@H]2C(=O)OCC. The minimum atomic E-state index is -2.01. The lowest BCUT2D eigenvalue weighted by Gasteiger charge is -2.63. The summed E-state index contributed by atoms with van der Waals surface area (Å²) in [5.41, 5.74) is -2.37. The van der Waals surface area contributed by atoms with Gasteiger partial charge in [-0.3, -0.25) is 24.0 Å². The van der Waals surface area contributed by atoms with Gasteiger partial charge in [-0.15, -0.1) is 0 Å². The molecular formula is C35H41NO10. The number of methoxy groups -OCH3 is 1. The summed E-state index contributed by atoms with van der Waals surface area (Å²) in [7, 11) is 1.52. The Bertz CT molecular complexity index is 1430. The maximum Gasteiger partial charge on any atom is 0.312 e. The molecule has 46 heavy (non-hydrogen) atoms. The highest BCUT2D eigenvalue weighted by molar-refractivity contribution is 6.02. The van der Waals surface area contributed by atoms with E-state index in [1.807, 2.05) is 0 Å². The Labute approximate surface area is 268 Å². The number of nitrogens with one attached hydrogen (secondary N) is 1. The lowest BCUT2D eigenvalue weighted by molar-refractivity contribution is -0.196. The van der Waals surface area contributed by atoms with Crippen LogP contribution in [0.15, 0.2) is 60.7 Å². The van der Waals surface area contributed by atoms with Gasteiger partial charge in [-0.2, -0.15) is 0 Å². The maximum atomic E-state index is 14.2. The molecule has 0 spiro atoms. The minimum absolute atomic E-state index is 0.0305. The van der Waals surface area contributed by atoms with E-state index in [-0.39, 0.29) is 32.0 Å². The standard InChI is InChI=1S/C35H41NO10/c1-7-43-30(38)25-27(32(40)45-9-3)35(36-29(37)22-14-12-11-13-15-22)20-24(21-16-18-23(42-6)19-17-21)34(25,5)26(31(39)44-8-2)28(35)33(41)46-10-4/h11-20,25-28H,7-10H2,1-6H3,(H,36,37)/t25-,26+,27-,28+,34?,35?. The molecule has 2 bridgehead atoms. The van der Waals surface area contributed by atoms with Gasteiger partial charge >= 0.3 is 23.9 Å². The molecular weight excluding hydrogens is 594 g/mol. The molecule has 0 aliphatic heterocycles. The van der Waals surface area contributed by atoms with Gasteiger partial charge in [0.25, 0.3) is 5.91 Å². The predicted molar refractivity (Wildman–Crippen MR) is 166 cm³/mol. The fraction of sp³-hybridized carbons (Fsp3) is 0.457. The van der Waals surface area contributed by atoms with Crippen LogP contribution in [0.1, 0.15) is 50.5 Å². The van der Waals surface area contributed by atoms with E-state index in [4.69, 9.17) is 23.7 Å². The van der Waals surface area contributed by atoms with Crippen molar-refractivity contribution in [3.05, 3.63) is 71.8 Å². The van der Waals surface area contributed by atoms with Crippen LogP contribution < -0.4 is 10.1 Å². The van der Waals surface area contributed by atoms with E-state index in [0.717, 1.165) is 0 Å². The molecule has 1 amide bonds. The Morgan fingerprint density at radius 2 is 1.09 bits per heavy atom. The van der Waals surface area contributed by atoms with Crippen LogP contribution in [0.3, 0.4) is 0 Å². The number of hydrogen-bond donors (Lipinski definition) is 1. The Morgan fingerprint density at radius 1 is 0.652 bits per heavy atom. The molecule has 1 fully saturated rings. The highest BCUT2D eigenvalue weighted by Gasteiger charge is 2.76. The number of amides is 1. The number of benzene rings is 2. The van der Waals surface area contributed by atoms with Gasteiger partial charge in [0.2, 0.25) is 0 Å². The first-order chi connectivity index (χ1) is 22.0. The van der Waals surface area contributed by atoms with Crippen molar-refractivity contribution < 1.29 is 47.7 Å². The van der Waals surface area contributed by atoms with Gasteiger partial charge in [-0.05, 0) is 63.1 Å². The molecule has 0 saturated heterocycles. The third kappa shape index (κ3) is 5.86. The number of rotatable bonds is 12. The lowest BCUT2D eigenvalue weighted by Crippen LogP contribution is -2.76. The zero-order valence-electron chi connectivity index (χ0n) is 27.0. The molecule has 1 N–H and O–H groups in total. The van der Waals surface area contributed by atoms with Crippen molar-refractivity contribution >= 4 is 35.4 Å². The fourth-order valence-electron chi connectivity index (χ4n) is 7.11. The smallest absolute Gasteiger partial charge is 0.312 e. The van der Waals surface area contributed by atoms with Gasteiger partial charge in [-0.25, -0.2) is 0 Å². The van der Waals surface area contributed by atoms with E-state index in [2.05, 4.69) is 5.32 Å². The zero-order chi connectivity index (χ0) is 33.6. The summed E-state index contributed by atoms with van der Waals surface area (Å²) in [5, 5.41) is 2.95. The number of ether oxygens (including phenoxy) is 5. The van der Waals surface area contributed by atoms with Gasteiger partial charge in [0, 0.05) is 11.0 Å². The summed E-state index contributed by atoms with van der Waals surface area (Å²) in [6, 6.07) is 15.1. The molecule has 5 rings (SSSR count). The molecule has 3 aliphatic rings. The largest absolute Gasteiger partial charge is 0.497 e. The van der Waals surface area contributed by atoms with Crippen LogP contribution in [0.2, 0.25) is 0 Å². The van der Waals surface area contributed by atoms with Crippen LogP contribution in [0.25, 0.3) is 5.57 Å². The highest BCUT2D eigenvalue weighted by atomic mass is 16.5. The second-order valence-corrected chi connectivity index (χ2v) is 11.2. The molecule has 1 saturated carbocycles. The van der Waals surface area contributed by atoms with E-state index >= 15 is 0 Å². The van der Waals surface area contributed by atoms with Gasteiger partial charge < -0.3 is 29.0 Å². The first-order valence-corrected chi connectivity index (χ1v) is 15.5. The Balaban J connectivity index is 2.17. The Morgan fingerprint density at radius 3 is 1.50 bits per heavy atom. The average molecular weight is 636 g/mol. The van der Waals surface area contributed by atoms with E-state index in [9.17, 15) is 24.0 Å². The minimum Gasteiger partial charge on any atom is -0.497 e. The zero-order valence-corrected chi connectivity index (χ0v) is 27.0. The first-order valence-electron chi connectivity index (χ1n) is 15.5. The van der Waals surface area contributed by atoms with Gasteiger partial charge in [0.1, 0.15) is 5.75 Å². The predicted octanol–water partition coefficient (Wildman–Crippen LogP) is 4.00. The van der Waals surface area contributed by atoms with Gasteiger partial charge in [-0.1, -0.05) is 43.3 Å². The van der Waals surface area contributed by atoms with E-state index < -0.39 is 64.4 Å². The van der Waals surface area contributed by atoms with Crippen LogP contribution >= 0.6 is 0 Å². The van der Waals surface area contributed by atoms with Crippen molar-refractivity contribution in [3.8, 4) is 5.75 Å². The topological polar surface area (TPSA) is 144 Å². The van der Waals surface area contributed by atoms with E-state index in [1.54, 1.807) is 95.3 Å². The molecule has 11 heteroatoms.